The van der Waals surface area contributed by atoms with Gasteiger partial charge >= 0.3 is 0 Å². The molecule has 0 bridgehead atoms. The molecule has 0 radical (unpaired) electrons. The van der Waals surface area contributed by atoms with E-state index >= 15 is 0 Å². The Kier molecular flexibility index (Phi) is 3.57. The van der Waals surface area contributed by atoms with Crippen LogP contribution in [0.4, 0.5) is 5.00 Å². The number of carbonyl (C=O) groups excluding carboxylic acids is 1. The number of anilines is 1. The van der Waals surface area contributed by atoms with E-state index in [-0.39, 0.29) is 5.91 Å². The molecule has 2 rings (SSSR count). The number of hydrogen-bond acceptors (Lipinski definition) is 2. The highest BCUT2D eigenvalue weighted by Gasteiger charge is 2.28. The van der Waals surface area contributed by atoms with Crippen LogP contribution in [-0.2, 0) is 4.79 Å². The van der Waals surface area contributed by atoms with Crippen molar-refractivity contribution in [2.75, 3.05) is 5.32 Å². The van der Waals surface area contributed by atoms with Crippen LogP contribution in [0.5, 0.6) is 0 Å². The number of carbonyl (C=O) groups is 1. The van der Waals surface area contributed by atoms with E-state index in [0.29, 0.717) is 11.3 Å². The number of hydrogen-bond donors (Lipinski definition) is 1. The summed E-state index contributed by atoms with van der Waals surface area (Å²) < 4.78 is 0. The minimum atomic E-state index is 0.0168. The fourth-order valence-corrected chi connectivity index (χ4v) is 3.62. The van der Waals surface area contributed by atoms with E-state index in [2.05, 4.69) is 25.2 Å². The summed E-state index contributed by atoms with van der Waals surface area (Å²) in [6.07, 6.45) is 5.19. The van der Waals surface area contributed by atoms with Gasteiger partial charge in [0.05, 0.1) is 5.00 Å². The zero-order chi connectivity index (χ0) is 12.5. The Morgan fingerprint density at radius 2 is 2.00 bits per heavy atom. The largest absolute Gasteiger partial charge is 0.318 e. The van der Waals surface area contributed by atoms with E-state index in [1.54, 1.807) is 18.3 Å². The molecule has 0 aromatic carbocycles. The van der Waals surface area contributed by atoms with Crippen molar-refractivity contribution in [3.8, 4) is 0 Å². The van der Waals surface area contributed by atoms with E-state index in [4.69, 9.17) is 0 Å². The van der Waals surface area contributed by atoms with Gasteiger partial charge in [0, 0.05) is 11.8 Å². The first-order valence-corrected chi connectivity index (χ1v) is 7.15. The third-order valence-electron chi connectivity index (χ3n) is 3.67. The fraction of sp³-hybridized carbons (Fsp3) is 0.643. The monoisotopic (exact) mass is 251 g/mol. The lowest BCUT2D eigenvalue weighted by atomic mass is 9.73. The van der Waals surface area contributed by atoms with Crippen molar-refractivity contribution in [1.29, 1.82) is 0 Å². The van der Waals surface area contributed by atoms with Crippen LogP contribution in [0, 0.1) is 5.41 Å². The molecule has 1 saturated carbocycles. The standard InChI is InChI=1S/C14H21NOS/c1-10(16)15-13-5-4-12(17-13)11-6-8-14(2,3)9-7-11/h4-5,11H,6-9H2,1-3H3,(H,15,16). The van der Waals surface area contributed by atoms with Gasteiger partial charge in [-0.3, -0.25) is 4.79 Å². The SMILES string of the molecule is CC(=O)Nc1ccc(C2CCC(C)(C)CC2)s1. The summed E-state index contributed by atoms with van der Waals surface area (Å²) in [5.41, 5.74) is 0.522. The molecule has 94 valence electrons. The summed E-state index contributed by atoms with van der Waals surface area (Å²) >= 11 is 1.74. The molecule has 2 nitrogen and oxygen atoms in total. The van der Waals surface area contributed by atoms with Gasteiger partial charge in [0.1, 0.15) is 0 Å². The van der Waals surface area contributed by atoms with Gasteiger partial charge in [0.25, 0.3) is 0 Å². The van der Waals surface area contributed by atoms with Gasteiger partial charge in [-0.05, 0) is 49.1 Å². The first-order valence-electron chi connectivity index (χ1n) is 6.34. The number of thiophene rings is 1. The lowest BCUT2D eigenvalue weighted by molar-refractivity contribution is -0.114. The summed E-state index contributed by atoms with van der Waals surface area (Å²) in [6.45, 7) is 6.28. The molecular weight excluding hydrogens is 230 g/mol. The molecule has 1 aromatic rings. The minimum Gasteiger partial charge on any atom is -0.318 e. The topological polar surface area (TPSA) is 29.1 Å². The Morgan fingerprint density at radius 1 is 1.35 bits per heavy atom. The maximum Gasteiger partial charge on any atom is 0.221 e. The van der Waals surface area contributed by atoms with Gasteiger partial charge < -0.3 is 5.32 Å². The van der Waals surface area contributed by atoms with Crippen LogP contribution in [0.3, 0.4) is 0 Å². The summed E-state index contributed by atoms with van der Waals surface area (Å²) in [5.74, 6) is 0.721. The number of nitrogens with one attached hydrogen (secondary N) is 1. The fourth-order valence-electron chi connectivity index (χ4n) is 2.50. The zero-order valence-corrected chi connectivity index (χ0v) is 11.7. The Balaban J connectivity index is 1.99. The predicted molar refractivity (Wildman–Crippen MR) is 73.6 cm³/mol. The van der Waals surface area contributed by atoms with Crippen molar-refractivity contribution in [1.82, 2.24) is 0 Å². The zero-order valence-electron chi connectivity index (χ0n) is 10.9. The molecule has 1 fully saturated rings. The molecule has 3 heteroatoms. The van der Waals surface area contributed by atoms with Gasteiger partial charge in [-0.15, -0.1) is 11.3 Å². The third kappa shape index (κ3) is 3.32. The maximum atomic E-state index is 11.0. The van der Waals surface area contributed by atoms with E-state index in [0.717, 1.165) is 5.00 Å². The molecule has 1 aliphatic rings. The third-order valence-corrected chi connectivity index (χ3v) is 4.83. The number of amides is 1. The van der Waals surface area contributed by atoms with Crippen molar-refractivity contribution >= 4 is 22.2 Å². The van der Waals surface area contributed by atoms with Crippen LogP contribution in [0.2, 0.25) is 0 Å². The molecule has 0 aliphatic heterocycles. The van der Waals surface area contributed by atoms with Gasteiger partial charge in [0.15, 0.2) is 0 Å². The second-order valence-electron chi connectivity index (χ2n) is 5.82. The van der Waals surface area contributed by atoms with Gasteiger partial charge in [0.2, 0.25) is 5.91 Å². The maximum absolute atomic E-state index is 11.0. The lowest BCUT2D eigenvalue weighted by Crippen LogP contribution is -2.19. The highest BCUT2D eigenvalue weighted by molar-refractivity contribution is 7.16. The predicted octanol–water partition coefficient (Wildman–Crippen LogP) is 4.39. The smallest absolute Gasteiger partial charge is 0.221 e. The summed E-state index contributed by atoms with van der Waals surface area (Å²) in [7, 11) is 0. The number of rotatable bonds is 2. The van der Waals surface area contributed by atoms with Gasteiger partial charge in [-0.1, -0.05) is 13.8 Å². The molecule has 0 atom stereocenters. The molecule has 0 unspecified atom stereocenters. The van der Waals surface area contributed by atoms with Crippen molar-refractivity contribution in [2.24, 2.45) is 5.41 Å². The Hall–Kier alpha value is -0.830. The van der Waals surface area contributed by atoms with Crippen molar-refractivity contribution < 1.29 is 4.79 Å². The Morgan fingerprint density at radius 3 is 2.59 bits per heavy atom. The first-order chi connectivity index (χ1) is 7.96. The molecule has 0 spiro atoms. The summed E-state index contributed by atoms with van der Waals surface area (Å²) in [6, 6.07) is 4.21. The molecule has 1 amide bonds. The van der Waals surface area contributed by atoms with Crippen LogP contribution < -0.4 is 5.32 Å². The molecule has 1 N–H and O–H groups in total. The highest BCUT2D eigenvalue weighted by atomic mass is 32.1. The van der Waals surface area contributed by atoms with Crippen LogP contribution in [-0.4, -0.2) is 5.91 Å². The normalized spacial score (nSPS) is 20.2. The van der Waals surface area contributed by atoms with Crippen LogP contribution >= 0.6 is 11.3 Å². The summed E-state index contributed by atoms with van der Waals surface area (Å²) in [4.78, 5) is 12.4. The van der Waals surface area contributed by atoms with Crippen molar-refractivity contribution in [2.45, 2.75) is 52.4 Å². The molecule has 1 aliphatic carbocycles. The first kappa shape index (κ1) is 12.6. The van der Waals surface area contributed by atoms with E-state index in [9.17, 15) is 4.79 Å². The van der Waals surface area contributed by atoms with Gasteiger partial charge in [-0.2, -0.15) is 0 Å². The van der Waals surface area contributed by atoms with Crippen LogP contribution in [0.15, 0.2) is 12.1 Å². The van der Waals surface area contributed by atoms with Crippen molar-refractivity contribution in [3.63, 3.8) is 0 Å². The highest BCUT2D eigenvalue weighted by Crippen LogP contribution is 2.44. The average Bonchev–Trinajstić information content (AvgIpc) is 2.65. The Labute approximate surface area is 107 Å². The molecular formula is C14H21NOS. The second-order valence-corrected chi connectivity index (χ2v) is 6.94. The molecule has 1 aromatic heterocycles. The molecule has 1 heterocycles. The van der Waals surface area contributed by atoms with Crippen LogP contribution in [0.25, 0.3) is 0 Å². The quantitative estimate of drug-likeness (QED) is 0.829. The van der Waals surface area contributed by atoms with E-state index in [1.165, 1.54) is 30.6 Å². The second kappa shape index (κ2) is 4.81. The molecule has 0 saturated heterocycles. The average molecular weight is 251 g/mol. The van der Waals surface area contributed by atoms with Gasteiger partial charge in [-0.25, -0.2) is 0 Å². The van der Waals surface area contributed by atoms with Crippen molar-refractivity contribution in [3.05, 3.63) is 17.0 Å². The minimum absolute atomic E-state index is 0.0168. The Bertz CT molecular complexity index is 398. The van der Waals surface area contributed by atoms with E-state index in [1.807, 2.05) is 6.07 Å². The van der Waals surface area contributed by atoms with Crippen LogP contribution in [0.1, 0.15) is 57.2 Å². The summed E-state index contributed by atoms with van der Waals surface area (Å²) in [5, 5.41) is 3.84. The molecule has 17 heavy (non-hydrogen) atoms. The van der Waals surface area contributed by atoms with E-state index < -0.39 is 0 Å². The lowest BCUT2D eigenvalue weighted by Gasteiger charge is -2.33.